The number of hydrogen-bond acceptors (Lipinski definition) is 6. The monoisotopic (exact) mass is 260 g/mol. The zero-order valence-electron chi connectivity index (χ0n) is 10.2. The third-order valence-electron chi connectivity index (χ3n) is 2.01. The summed E-state index contributed by atoms with van der Waals surface area (Å²) in [4.78, 5) is 33.2. The van der Waals surface area contributed by atoms with Gasteiger partial charge in [-0.05, 0) is 23.8 Å². The Morgan fingerprint density at radius 3 is 1.50 bits per heavy atom. The van der Waals surface area contributed by atoms with Crippen molar-refractivity contribution >= 4 is 17.9 Å². The van der Waals surface area contributed by atoms with E-state index in [1.807, 2.05) is 0 Å². The van der Waals surface area contributed by atoms with Crippen molar-refractivity contribution in [2.45, 2.75) is 0 Å². The van der Waals surface area contributed by atoms with Crippen LogP contribution >= 0.6 is 0 Å². The first kappa shape index (κ1) is 16.6. The average Bonchev–Trinajstić information content (AvgIpc) is 2.36. The predicted octanol–water partition coefficient (Wildman–Crippen LogP) is -3.37. The van der Waals surface area contributed by atoms with Crippen LogP contribution in [0, 0.1) is 0 Å². The molecule has 0 amide bonds. The van der Waals surface area contributed by atoms with E-state index in [9.17, 15) is 19.5 Å². The maximum atomic E-state index is 11.3. The minimum absolute atomic E-state index is 0. The van der Waals surface area contributed by atoms with Gasteiger partial charge in [-0.15, -0.1) is 0 Å². The predicted molar refractivity (Wildman–Crippen MR) is 53.5 cm³/mol. The van der Waals surface area contributed by atoms with E-state index in [2.05, 4.69) is 9.47 Å². The van der Waals surface area contributed by atoms with Crippen LogP contribution in [-0.2, 0) is 9.47 Å². The van der Waals surface area contributed by atoms with Crippen LogP contribution in [0.25, 0.3) is 0 Å². The summed E-state index contributed by atoms with van der Waals surface area (Å²) < 4.78 is 8.87. The fourth-order valence-corrected chi connectivity index (χ4v) is 1.22. The molecule has 0 unspecified atom stereocenters. The van der Waals surface area contributed by atoms with Crippen LogP contribution in [0.5, 0.6) is 0 Å². The first-order valence-corrected chi connectivity index (χ1v) is 4.52. The number of aromatic carboxylic acids is 1. The van der Waals surface area contributed by atoms with Gasteiger partial charge < -0.3 is 19.4 Å². The Kier molecular flexibility index (Phi) is 6.61. The number of carboxylic acids is 1. The number of methoxy groups -OCH3 is 2. The number of carbonyl (C=O) groups excluding carboxylic acids is 3. The Hall–Kier alpha value is -1.37. The van der Waals surface area contributed by atoms with Crippen LogP contribution in [0.2, 0.25) is 0 Å². The molecule has 6 nitrogen and oxygen atoms in total. The molecule has 1 aromatic carbocycles. The molecule has 0 aliphatic heterocycles. The van der Waals surface area contributed by atoms with Gasteiger partial charge in [0, 0.05) is 0 Å². The second-order valence-corrected chi connectivity index (χ2v) is 3.07. The first-order valence-electron chi connectivity index (χ1n) is 4.52. The number of esters is 2. The third-order valence-corrected chi connectivity index (χ3v) is 2.01. The topological polar surface area (TPSA) is 92.7 Å². The van der Waals surface area contributed by atoms with Gasteiger partial charge in [-0.1, -0.05) is 0 Å². The number of ether oxygens (including phenoxy) is 2. The minimum atomic E-state index is -1.50. The molecule has 0 heterocycles. The van der Waals surface area contributed by atoms with E-state index < -0.39 is 17.9 Å². The van der Waals surface area contributed by atoms with Gasteiger partial charge >= 0.3 is 41.5 Å². The van der Waals surface area contributed by atoms with Crippen LogP contribution < -0.4 is 34.7 Å². The summed E-state index contributed by atoms with van der Waals surface area (Å²) in [5.41, 5.74) is -0.419. The van der Waals surface area contributed by atoms with Gasteiger partial charge in [0.2, 0.25) is 0 Å². The van der Waals surface area contributed by atoms with Gasteiger partial charge in [-0.2, -0.15) is 0 Å². The van der Waals surface area contributed by atoms with Crippen molar-refractivity contribution in [3.8, 4) is 0 Å². The molecule has 1 aromatic rings. The molecule has 0 aliphatic rings. The number of benzene rings is 1. The molecule has 1 rings (SSSR count). The second-order valence-electron chi connectivity index (χ2n) is 3.07. The van der Waals surface area contributed by atoms with Crippen LogP contribution in [0.1, 0.15) is 31.1 Å². The largest absolute Gasteiger partial charge is 1.00 e. The number of rotatable bonds is 3. The van der Waals surface area contributed by atoms with Crippen molar-refractivity contribution in [1.82, 2.24) is 0 Å². The maximum Gasteiger partial charge on any atom is 1.00 e. The summed E-state index contributed by atoms with van der Waals surface area (Å²) in [5, 5.41) is 10.7. The molecule has 0 radical (unpaired) electrons. The quantitative estimate of drug-likeness (QED) is 0.416. The van der Waals surface area contributed by atoms with Gasteiger partial charge in [0.1, 0.15) is 0 Å². The van der Waals surface area contributed by atoms with Gasteiger partial charge in [0.25, 0.3) is 0 Å². The summed E-state index contributed by atoms with van der Waals surface area (Å²) in [6.07, 6.45) is 0. The summed E-state index contributed by atoms with van der Waals surface area (Å²) in [6, 6.07) is 3.31. The Labute approximate surface area is 125 Å². The zero-order chi connectivity index (χ0) is 13.0. The smallest absolute Gasteiger partial charge is 0.545 e. The van der Waals surface area contributed by atoms with Crippen LogP contribution in [0.3, 0.4) is 0 Å². The van der Waals surface area contributed by atoms with Crippen molar-refractivity contribution in [2.24, 2.45) is 0 Å². The molecule has 0 saturated heterocycles. The average molecular weight is 260 g/mol. The molecule has 0 bridgehead atoms. The molecule has 0 atom stereocenters. The van der Waals surface area contributed by atoms with E-state index in [0.29, 0.717) is 0 Å². The van der Waals surface area contributed by atoms with Crippen molar-refractivity contribution in [3.05, 3.63) is 34.9 Å². The molecular formula is C11H9NaO6. The van der Waals surface area contributed by atoms with E-state index in [4.69, 9.17) is 0 Å². The maximum absolute atomic E-state index is 11.3. The van der Waals surface area contributed by atoms with Gasteiger partial charge in [-0.3, -0.25) is 0 Å². The van der Waals surface area contributed by atoms with Crippen LogP contribution in [0.4, 0.5) is 0 Å². The van der Waals surface area contributed by atoms with E-state index >= 15 is 0 Å². The Morgan fingerprint density at radius 2 is 1.22 bits per heavy atom. The molecule has 0 fully saturated rings. The molecule has 0 aliphatic carbocycles. The molecule has 0 spiro atoms. The molecule has 18 heavy (non-hydrogen) atoms. The van der Waals surface area contributed by atoms with Crippen molar-refractivity contribution in [1.29, 1.82) is 0 Å². The Morgan fingerprint density at radius 1 is 0.889 bits per heavy atom. The SMILES string of the molecule is COC(=O)c1cc(C(=O)[O-])cc(C(=O)OC)c1.[Na+]. The summed E-state index contributed by atoms with van der Waals surface area (Å²) >= 11 is 0. The molecule has 0 N–H and O–H groups in total. The van der Waals surface area contributed by atoms with Gasteiger partial charge in [0.05, 0.1) is 31.3 Å². The minimum Gasteiger partial charge on any atom is -0.545 e. The number of hydrogen-bond donors (Lipinski definition) is 0. The van der Waals surface area contributed by atoms with E-state index in [1.165, 1.54) is 6.07 Å². The molecule has 7 heteroatoms. The van der Waals surface area contributed by atoms with E-state index in [-0.39, 0.29) is 46.2 Å². The number of carboxylic acid groups (broad SMARTS) is 1. The normalized spacial score (nSPS) is 9.00. The number of carbonyl (C=O) groups is 3. The Balaban J connectivity index is 0.00000289. The van der Waals surface area contributed by atoms with Gasteiger partial charge in [0.15, 0.2) is 0 Å². The van der Waals surface area contributed by atoms with Crippen molar-refractivity contribution in [2.75, 3.05) is 14.2 Å². The van der Waals surface area contributed by atoms with Crippen LogP contribution in [-0.4, -0.2) is 32.1 Å². The van der Waals surface area contributed by atoms with E-state index in [1.54, 1.807) is 0 Å². The van der Waals surface area contributed by atoms with Crippen molar-refractivity contribution in [3.63, 3.8) is 0 Å². The van der Waals surface area contributed by atoms with Gasteiger partial charge in [-0.25, -0.2) is 9.59 Å². The zero-order valence-corrected chi connectivity index (χ0v) is 12.2. The molecule has 90 valence electrons. The molecule has 0 saturated carbocycles. The molecular weight excluding hydrogens is 251 g/mol. The van der Waals surface area contributed by atoms with E-state index in [0.717, 1.165) is 26.4 Å². The van der Waals surface area contributed by atoms with Crippen LogP contribution in [0.15, 0.2) is 18.2 Å². The first-order chi connectivity index (χ1) is 7.99. The second kappa shape index (κ2) is 7.15. The summed E-state index contributed by atoms with van der Waals surface area (Å²) in [5.74, 6) is -3.00. The summed E-state index contributed by atoms with van der Waals surface area (Å²) in [7, 11) is 2.29. The summed E-state index contributed by atoms with van der Waals surface area (Å²) in [6.45, 7) is 0. The standard InChI is InChI=1S/C11H10O6.Na/c1-16-10(14)7-3-6(9(12)13)4-8(5-7)11(15)17-2;/h3-5H,1-2H3,(H,12,13);/q;+1/p-1. The Bertz CT molecular complexity index is 448. The fraction of sp³-hybridized carbons (Fsp3) is 0.182. The third kappa shape index (κ3) is 3.83. The molecule has 0 aromatic heterocycles. The fourth-order valence-electron chi connectivity index (χ4n) is 1.22. The van der Waals surface area contributed by atoms with Crippen molar-refractivity contribution < 1.29 is 58.5 Å².